The van der Waals surface area contributed by atoms with Gasteiger partial charge in [0.2, 0.25) is 0 Å². The van der Waals surface area contributed by atoms with Crippen LogP contribution in [0.4, 0.5) is 11.4 Å². The number of benzene rings is 1. The number of nitro benzene ring substituents is 1. The van der Waals surface area contributed by atoms with E-state index in [2.05, 4.69) is 0 Å². The van der Waals surface area contributed by atoms with Crippen LogP contribution in [-0.4, -0.2) is 12.8 Å². The van der Waals surface area contributed by atoms with Crippen LogP contribution >= 0.6 is 11.6 Å². The molecular weight excluding hydrogens is 190 g/mol. The molecule has 0 saturated carbocycles. The largest absolute Gasteiger partial charge is 0.393 e. The summed E-state index contributed by atoms with van der Waals surface area (Å²) in [5.74, 6) is 0. The highest BCUT2D eigenvalue weighted by molar-refractivity contribution is 6.46. The third-order valence-electron chi connectivity index (χ3n) is 1.75. The standard InChI is InChI=1S/C7H6BClN2O2/c1-3-6(9)4(8)2-5(7(3)10)11(12)13/h2H,10H2,1H3. The molecule has 4 nitrogen and oxygen atoms in total. The Kier molecular flexibility index (Phi) is 2.47. The zero-order valence-corrected chi connectivity index (χ0v) is 7.63. The molecule has 13 heavy (non-hydrogen) atoms. The fraction of sp³-hybridized carbons (Fsp3) is 0.143. The van der Waals surface area contributed by atoms with Gasteiger partial charge in [-0.2, -0.15) is 0 Å². The molecule has 1 aromatic rings. The first kappa shape index (κ1) is 9.86. The van der Waals surface area contributed by atoms with Crippen molar-refractivity contribution < 1.29 is 4.92 Å². The van der Waals surface area contributed by atoms with Crippen LogP contribution in [0.5, 0.6) is 0 Å². The first-order valence-corrected chi connectivity index (χ1v) is 3.81. The summed E-state index contributed by atoms with van der Waals surface area (Å²) in [6.45, 7) is 1.58. The normalized spacial score (nSPS) is 10.0. The van der Waals surface area contributed by atoms with Gasteiger partial charge < -0.3 is 5.73 Å². The van der Waals surface area contributed by atoms with Gasteiger partial charge in [-0.25, -0.2) is 0 Å². The number of rotatable bonds is 1. The van der Waals surface area contributed by atoms with Crippen LogP contribution < -0.4 is 11.2 Å². The highest BCUT2D eigenvalue weighted by Crippen LogP contribution is 2.28. The van der Waals surface area contributed by atoms with Gasteiger partial charge in [0.25, 0.3) is 5.69 Å². The van der Waals surface area contributed by atoms with Crippen LogP contribution in [0.25, 0.3) is 0 Å². The number of hydrogen-bond donors (Lipinski definition) is 1. The lowest BCUT2D eigenvalue weighted by Gasteiger charge is -2.06. The van der Waals surface area contributed by atoms with E-state index in [4.69, 9.17) is 25.2 Å². The maximum atomic E-state index is 10.5. The Morgan fingerprint density at radius 2 is 2.23 bits per heavy atom. The van der Waals surface area contributed by atoms with Crippen molar-refractivity contribution in [3.05, 3.63) is 26.8 Å². The summed E-state index contributed by atoms with van der Waals surface area (Å²) >= 11 is 5.73. The lowest BCUT2D eigenvalue weighted by molar-refractivity contribution is -0.383. The van der Waals surface area contributed by atoms with E-state index in [0.717, 1.165) is 6.07 Å². The maximum Gasteiger partial charge on any atom is 0.291 e. The summed E-state index contributed by atoms with van der Waals surface area (Å²) in [5, 5.41) is 10.7. The SMILES string of the molecule is [B]c1cc([N+](=O)[O-])c(N)c(C)c1Cl. The average molecular weight is 196 g/mol. The van der Waals surface area contributed by atoms with Crippen LogP contribution in [0.2, 0.25) is 5.02 Å². The Morgan fingerprint density at radius 1 is 1.69 bits per heavy atom. The molecule has 6 heteroatoms. The Hall–Kier alpha value is -1.23. The molecule has 0 saturated heterocycles. The first-order valence-electron chi connectivity index (χ1n) is 3.43. The molecule has 2 N–H and O–H groups in total. The number of anilines is 1. The van der Waals surface area contributed by atoms with Crippen LogP contribution in [0.1, 0.15) is 5.56 Å². The summed E-state index contributed by atoms with van der Waals surface area (Å²) in [7, 11) is 5.44. The number of hydrogen-bond acceptors (Lipinski definition) is 3. The molecule has 0 atom stereocenters. The van der Waals surface area contributed by atoms with Gasteiger partial charge in [-0.05, 0) is 12.5 Å². The fourth-order valence-corrected chi connectivity index (χ4v) is 1.12. The molecule has 0 aliphatic rings. The number of nitrogens with two attached hydrogens (primary N) is 1. The van der Waals surface area contributed by atoms with Crippen molar-refractivity contribution >= 4 is 36.3 Å². The molecule has 66 valence electrons. The zero-order valence-electron chi connectivity index (χ0n) is 6.87. The third-order valence-corrected chi connectivity index (χ3v) is 2.25. The Balaban J connectivity index is 3.50. The van der Waals surface area contributed by atoms with Crippen molar-refractivity contribution in [1.29, 1.82) is 0 Å². The van der Waals surface area contributed by atoms with Crippen LogP contribution in [-0.2, 0) is 0 Å². The summed E-state index contributed by atoms with van der Waals surface area (Å²) < 4.78 is 0. The van der Waals surface area contributed by atoms with Crippen molar-refractivity contribution in [1.82, 2.24) is 0 Å². The molecule has 0 fully saturated rings. The number of nitrogens with zero attached hydrogens (tertiary/aromatic N) is 1. The molecule has 0 aliphatic heterocycles. The Morgan fingerprint density at radius 3 is 2.69 bits per heavy atom. The van der Waals surface area contributed by atoms with Crippen molar-refractivity contribution in [2.24, 2.45) is 0 Å². The summed E-state index contributed by atoms with van der Waals surface area (Å²) in [6.07, 6.45) is 0. The first-order chi connectivity index (χ1) is 5.95. The molecular formula is C7H6BClN2O2. The molecule has 0 amide bonds. The maximum absolute atomic E-state index is 10.5. The van der Waals surface area contributed by atoms with Gasteiger partial charge in [0.15, 0.2) is 0 Å². The van der Waals surface area contributed by atoms with Gasteiger partial charge in [-0.15, -0.1) is 0 Å². The molecule has 0 bridgehead atoms. The molecule has 1 aromatic carbocycles. The van der Waals surface area contributed by atoms with Crippen LogP contribution in [0.15, 0.2) is 6.07 Å². The summed E-state index contributed by atoms with van der Waals surface area (Å²) in [6, 6.07) is 1.16. The Labute approximate surface area is 81.2 Å². The highest BCUT2D eigenvalue weighted by atomic mass is 35.5. The van der Waals surface area contributed by atoms with Gasteiger partial charge in [0, 0.05) is 11.1 Å². The van der Waals surface area contributed by atoms with Crippen molar-refractivity contribution in [2.45, 2.75) is 6.92 Å². The van der Waals surface area contributed by atoms with Gasteiger partial charge >= 0.3 is 0 Å². The molecule has 0 aliphatic carbocycles. The van der Waals surface area contributed by atoms with E-state index < -0.39 is 4.92 Å². The monoisotopic (exact) mass is 196 g/mol. The predicted octanol–water partition coefficient (Wildman–Crippen LogP) is 0.933. The second-order valence-electron chi connectivity index (χ2n) is 2.59. The minimum absolute atomic E-state index is 0.0594. The van der Waals surface area contributed by atoms with Crippen molar-refractivity contribution in [3.8, 4) is 0 Å². The molecule has 2 radical (unpaired) electrons. The van der Waals surface area contributed by atoms with Gasteiger partial charge in [0.05, 0.1) is 4.92 Å². The van der Waals surface area contributed by atoms with E-state index in [0.29, 0.717) is 5.56 Å². The minimum atomic E-state index is -0.588. The topological polar surface area (TPSA) is 69.2 Å². The molecule has 0 spiro atoms. The molecule has 0 unspecified atom stereocenters. The molecule has 1 rings (SSSR count). The van der Waals surface area contributed by atoms with Crippen LogP contribution in [0, 0.1) is 17.0 Å². The Bertz CT molecular complexity index is 381. The lowest BCUT2D eigenvalue weighted by atomic mass is 9.93. The third kappa shape index (κ3) is 1.60. The number of nitrogen functional groups attached to an aromatic ring is 1. The van der Waals surface area contributed by atoms with E-state index in [1.54, 1.807) is 6.92 Å². The van der Waals surface area contributed by atoms with Gasteiger partial charge in [-0.3, -0.25) is 10.1 Å². The minimum Gasteiger partial charge on any atom is -0.393 e. The number of halogens is 1. The summed E-state index contributed by atoms with van der Waals surface area (Å²) in [5.41, 5.74) is 5.93. The van der Waals surface area contributed by atoms with E-state index in [1.165, 1.54) is 0 Å². The lowest BCUT2D eigenvalue weighted by Crippen LogP contribution is -2.10. The van der Waals surface area contributed by atoms with Crippen molar-refractivity contribution in [3.63, 3.8) is 0 Å². The van der Waals surface area contributed by atoms with Gasteiger partial charge in [-0.1, -0.05) is 17.1 Å². The predicted molar refractivity (Wildman–Crippen MR) is 52.6 cm³/mol. The van der Waals surface area contributed by atoms with E-state index in [1.807, 2.05) is 0 Å². The van der Waals surface area contributed by atoms with Gasteiger partial charge in [0.1, 0.15) is 13.5 Å². The second-order valence-corrected chi connectivity index (χ2v) is 2.97. The molecule has 0 aromatic heterocycles. The summed E-state index contributed by atoms with van der Waals surface area (Å²) in [4.78, 5) is 9.88. The quantitative estimate of drug-likeness (QED) is 0.314. The van der Waals surface area contributed by atoms with E-state index in [-0.39, 0.29) is 21.9 Å². The molecule has 0 heterocycles. The average Bonchev–Trinajstić information content (AvgIpc) is 2.07. The zero-order chi connectivity index (χ0) is 10.2. The second kappa shape index (κ2) is 3.26. The smallest absolute Gasteiger partial charge is 0.291 e. The van der Waals surface area contributed by atoms with E-state index >= 15 is 0 Å². The highest BCUT2D eigenvalue weighted by Gasteiger charge is 2.16. The van der Waals surface area contributed by atoms with Crippen molar-refractivity contribution in [2.75, 3.05) is 5.73 Å². The van der Waals surface area contributed by atoms with Crippen LogP contribution in [0.3, 0.4) is 0 Å². The number of nitro groups is 1. The van der Waals surface area contributed by atoms with E-state index in [9.17, 15) is 10.1 Å². The fourth-order valence-electron chi connectivity index (χ4n) is 0.966.